The van der Waals surface area contributed by atoms with Crippen molar-refractivity contribution in [1.29, 1.82) is 0 Å². The van der Waals surface area contributed by atoms with Gasteiger partial charge in [-0.2, -0.15) is 8.78 Å². The Kier molecular flexibility index (Phi) is 2.75. The van der Waals surface area contributed by atoms with E-state index in [1.54, 1.807) is 0 Å². The predicted octanol–water partition coefficient (Wildman–Crippen LogP) is 1.36. The molecule has 1 aromatic heterocycles. The van der Waals surface area contributed by atoms with Crippen molar-refractivity contribution < 1.29 is 18.3 Å². The van der Waals surface area contributed by atoms with Crippen molar-refractivity contribution in [2.45, 2.75) is 12.8 Å². The van der Waals surface area contributed by atoms with Crippen molar-refractivity contribution in [3.63, 3.8) is 0 Å². The Morgan fingerprint density at radius 3 is 2.25 bits per heavy atom. The molecule has 1 heterocycles. The van der Waals surface area contributed by atoms with Crippen molar-refractivity contribution in [1.82, 2.24) is 4.98 Å². The molecule has 0 aliphatic heterocycles. The lowest BCUT2D eigenvalue weighted by molar-refractivity contribution is 0.287. The molecule has 68 valence electrons. The van der Waals surface area contributed by atoms with Crippen molar-refractivity contribution in [2.24, 2.45) is 0 Å². The largest absolute Gasteiger partial charge is 0.396 e. The van der Waals surface area contributed by atoms with E-state index in [-0.39, 0.29) is 25.1 Å². The highest BCUT2D eigenvalue weighted by atomic mass is 19.2. The van der Waals surface area contributed by atoms with Gasteiger partial charge in [0, 0.05) is 6.61 Å². The summed E-state index contributed by atoms with van der Waals surface area (Å²) in [6, 6.07) is 0. The molecule has 0 unspecified atom stereocenters. The van der Waals surface area contributed by atoms with Crippen LogP contribution in [0, 0.1) is 17.6 Å². The van der Waals surface area contributed by atoms with E-state index in [1.807, 2.05) is 4.98 Å². The number of hydrogen-bond donors (Lipinski definition) is 2. The zero-order chi connectivity index (χ0) is 9.14. The van der Waals surface area contributed by atoms with E-state index < -0.39 is 17.6 Å². The number of rotatable bonds is 3. The maximum Gasteiger partial charge on any atom is 0.230 e. The van der Waals surface area contributed by atoms with Crippen LogP contribution in [0.4, 0.5) is 13.2 Å². The SMILES string of the molecule is OCCCc1[nH]c(F)c(F)c1F. The summed E-state index contributed by atoms with van der Waals surface area (Å²) in [7, 11) is 0. The summed E-state index contributed by atoms with van der Waals surface area (Å²) in [4.78, 5) is 1.92. The lowest BCUT2D eigenvalue weighted by atomic mass is 10.2. The number of aromatic nitrogens is 1. The second-order valence-electron chi connectivity index (χ2n) is 2.37. The molecular formula is C7H8F3NO. The van der Waals surface area contributed by atoms with Crippen LogP contribution in [0.15, 0.2) is 0 Å². The van der Waals surface area contributed by atoms with Gasteiger partial charge in [0.25, 0.3) is 0 Å². The molecule has 0 aliphatic rings. The minimum Gasteiger partial charge on any atom is -0.396 e. The Morgan fingerprint density at radius 1 is 1.17 bits per heavy atom. The van der Waals surface area contributed by atoms with Gasteiger partial charge in [-0.15, -0.1) is 0 Å². The van der Waals surface area contributed by atoms with Crippen molar-refractivity contribution in [3.8, 4) is 0 Å². The van der Waals surface area contributed by atoms with E-state index in [4.69, 9.17) is 5.11 Å². The number of aliphatic hydroxyl groups is 1. The topological polar surface area (TPSA) is 36.0 Å². The van der Waals surface area contributed by atoms with Gasteiger partial charge in [-0.3, -0.25) is 0 Å². The number of aromatic amines is 1. The Hall–Kier alpha value is -0.970. The van der Waals surface area contributed by atoms with Crippen LogP contribution in [0.5, 0.6) is 0 Å². The van der Waals surface area contributed by atoms with Crippen LogP contribution >= 0.6 is 0 Å². The number of aliphatic hydroxyl groups excluding tert-OH is 1. The van der Waals surface area contributed by atoms with Crippen LogP contribution in [0.2, 0.25) is 0 Å². The van der Waals surface area contributed by atoms with Gasteiger partial charge >= 0.3 is 0 Å². The van der Waals surface area contributed by atoms with Gasteiger partial charge in [0.2, 0.25) is 11.8 Å². The fourth-order valence-electron chi connectivity index (χ4n) is 0.899. The van der Waals surface area contributed by atoms with Crippen LogP contribution in [0.25, 0.3) is 0 Å². The van der Waals surface area contributed by atoms with Gasteiger partial charge in [0.1, 0.15) is 0 Å². The molecule has 5 heteroatoms. The quantitative estimate of drug-likeness (QED) is 0.722. The minimum atomic E-state index is -1.48. The highest BCUT2D eigenvalue weighted by molar-refractivity contribution is 5.11. The molecule has 0 fully saturated rings. The van der Waals surface area contributed by atoms with E-state index >= 15 is 0 Å². The summed E-state index contributed by atoms with van der Waals surface area (Å²) in [6.45, 7) is -0.137. The molecule has 0 atom stereocenters. The van der Waals surface area contributed by atoms with Gasteiger partial charge in [-0.25, -0.2) is 4.39 Å². The second kappa shape index (κ2) is 3.62. The van der Waals surface area contributed by atoms with Crippen molar-refractivity contribution >= 4 is 0 Å². The summed E-state index contributed by atoms with van der Waals surface area (Å²) in [5, 5.41) is 8.37. The molecule has 2 nitrogen and oxygen atoms in total. The van der Waals surface area contributed by atoms with Crippen LogP contribution < -0.4 is 0 Å². The van der Waals surface area contributed by atoms with E-state index in [9.17, 15) is 13.2 Å². The second-order valence-corrected chi connectivity index (χ2v) is 2.37. The van der Waals surface area contributed by atoms with Gasteiger partial charge in [0.15, 0.2) is 5.82 Å². The zero-order valence-electron chi connectivity index (χ0n) is 6.20. The number of hydrogen-bond acceptors (Lipinski definition) is 1. The van der Waals surface area contributed by atoms with Gasteiger partial charge < -0.3 is 10.1 Å². The van der Waals surface area contributed by atoms with E-state index in [2.05, 4.69) is 0 Å². The Balaban J connectivity index is 2.79. The smallest absolute Gasteiger partial charge is 0.230 e. The third-order valence-corrected chi connectivity index (χ3v) is 1.50. The van der Waals surface area contributed by atoms with Crippen LogP contribution in [-0.2, 0) is 6.42 Å². The highest BCUT2D eigenvalue weighted by Gasteiger charge is 2.16. The standard InChI is InChI=1S/C7H8F3NO/c8-5-4(2-1-3-12)11-7(10)6(5)9/h11-12H,1-3H2. The fraction of sp³-hybridized carbons (Fsp3) is 0.429. The number of halogens is 3. The van der Waals surface area contributed by atoms with Gasteiger partial charge in [0.05, 0.1) is 5.69 Å². The summed E-state index contributed by atoms with van der Waals surface area (Å²) in [5.74, 6) is -3.97. The highest BCUT2D eigenvalue weighted by Crippen LogP contribution is 2.15. The molecular weight excluding hydrogens is 171 g/mol. The molecule has 0 radical (unpaired) electrons. The Morgan fingerprint density at radius 2 is 1.83 bits per heavy atom. The first kappa shape index (κ1) is 9.12. The summed E-state index contributed by atoms with van der Waals surface area (Å²) in [5.41, 5.74) is -0.140. The molecule has 0 aliphatic carbocycles. The lowest BCUT2D eigenvalue weighted by Gasteiger charge is -1.93. The van der Waals surface area contributed by atoms with E-state index in [0.717, 1.165) is 0 Å². The zero-order valence-corrected chi connectivity index (χ0v) is 6.20. The fourth-order valence-corrected chi connectivity index (χ4v) is 0.899. The summed E-state index contributed by atoms with van der Waals surface area (Å²) < 4.78 is 37.2. The first-order valence-corrected chi connectivity index (χ1v) is 3.49. The lowest BCUT2D eigenvalue weighted by Crippen LogP contribution is -1.92. The van der Waals surface area contributed by atoms with E-state index in [1.165, 1.54) is 0 Å². The van der Waals surface area contributed by atoms with Crippen LogP contribution in [-0.4, -0.2) is 16.7 Å². The van der Waals surface area contributed by atoms with Gasteiger partial charge in [-0.1, -0.05) is 0 Å². The Bertz CT molecular complexity index is 272. The number of H-pyrrole nitrogens is 1. The number of nitrogens with one attached hydrogen (secondary N) is 1. The molecule has 12 heavy (non-hydrogen) atoms. The van der Waals surface area contributed by atoms with Crippen LogP contribution in [0.1, 0.15) is 12.1 Å². The molecule has 0 saturated heterocycles. The maximum atomic E-state index is 12.6. The van der Waals surface area contributed by atoms with Crippen molar-refractivity contribution in [3.05, 3.63) is 23.3 Å². The normalized spacial score (nSPS) is 10.7. The molecule has 0 aromatic carbocycles. The molecule has 0 bridgehead atoms. The minimum absolute atomic E-state index is 0.100. The molecule has 1 rings (SSSR count). The maximum absolute atomic E-state index is 12.6. The molecule has 1 aromatic rings. The first-order chi connectivity index (χ1) is 5.66. The molecule has 2 N–H and O–H groups in total. The van der Waals surface area contributed by atoms with Gasteiger partial charge in [-0.05, 0) is 12.8 Å². The Labute approximate surface area is 67.0 Å². The average Bonchev–Trinajstić information content (AvgIpc) is 2.30. The van der Waals surface area contributed by atoms with E-state index in [0.29, 0.717) is 0 Å². The predicted molar refractivity (Wildman–Crippen MR) is 36.1 cm³/mol. The van der Waals surface area contributed by atoms with Crippen molar-refractivity contribution in [2.75, 3.05) is 6.61 Å². The monoisotopic (exact) mass is 179 g/mol. The molecule has 0 spiro atoms. The third kappa shape index (κ3) is 1.61. The first-order valence-electron chi connectivity index (χ1n) is 3.49. The average molecular weight is 179 g/mol. The molecule has 0 saturated carbocycles. The summed E-state index contributed by atoms with van der Waals surface area (Å²) >= 11 is 0. The molecule has 0 amide bonds. The van der Waals surface area contributed by atoms with Crippen LogP contribution in [0.3, 0.4) is 0 Å². The summed E-state index contributed by atoms with van der Waals surface area (Å²) in [6.07, 6.45) is 0.374. The third-order valence-electron chi connectivity index (χ3n) is 1.50. The number of aryl methyl sites for hydroxylation is 1.